The lowest BCUT2D eigenvalue weighted by atomic mass is 10.0. The highest BCUT2D eigenvalue weighted by molar-refractivity contribution is 5.98. The fraction of sp³-hybridized carbons (Fsp3) is 0.333. The van der Waals surface area contributed by atoms with Crippen molar-refractivity contribution in [3.8, 4) is 0 Å². The molecular formula is C15H19N3O2. The van der Waals surface area contributed by atoms with E-state index in [0.29, 0.717) is 6.54 Å². The molecule has 1 aromatic rings. The summed E-state index contributed by atoms with van der Waals surface area (Å²) in [6.07, 6.45) is 2.01. The first-order valence-electron chi connectivity index (χ1n) is 6.70. The Morgan fingerprint density at radius 1 is 1.30 bits per heavy atom. The molecule has 5 heteroatoms. The fourth-order valence-corrected chi connectivity index (χ4v) is 1.90. The normalized spacial score (nSPS) is 14.2. The second-order valence-electron chi connectivity index (χ2n) is 4.79. The summed E-state index contributed by atoms with van der Waals surface area (Å²) in [4.78, 5) is 22.7. The zero-order valence-corrected chi connectivity index (χ0v) is 11.3. The molecule has 0 aromatic heterocycles. The molecule has 1 aromatic carbocycles. The van der Waals surface area contributed by atoms with Crippen LogP contribution in [0.3, 0.4) is 0 Å². The van der Waals surface area contributed by atoms with Gasteiger partial charge < -0.3 is 16.0 Å². The topological polar surface area (TPSA) is 70.2 Å². The first-order chi connectivity index (χ1) is 9.69. The van der Waals surface area contributed by atoms with Crippen LogP contribution in [0, 0.1) is 5.92 Å². The Kier molecular flexibility index (Phi) is 4.90. The van der Waals surface area contributed by atoms with Crippen molar-refractivity contribution in [3.05, 3.63) is 42.5 Å². The van der Waals surface area contributed by atoms with Crippen molar-refractivity contribution in [2.45, 2.75) is 6.42 Å². The number of rotatable bonds is 6. The molecule has 0 atom stereocenters. The molecule has 2 amide bonds. The first-order valence-corrected chi connectivity index (χ1v) is 6.70. The van der Waals surface area contributed by atoms with Crippen molar-refractivity contribution in [2.75, 3.05) is 25.0 Å². The van der Waals surface area contributed by atoms with Gasteiger partial charge >= 0.3 is 0 Å². The van der Waals surface area contributed by atoms with Crippen molar-refractivity contribution in [1.82, 2.24) is 10.6 Å². The highest BCUT2D eigenvalue weighted by atomic mass is 16.2. The van der Waals surface area contributed by atoms with E-state index in [9.17, 15) is 9.59 Å². The van der Waals surface area contributed by atoms with Crippen molar-refractivity contribution in [2.24, 2.45) is 5.92 Å². The van der Waals surface area contributed by atoms with Crippen molar-refractivity contribution >= 4 is 17.5 Å². The van der Waals surface area contributed by atoms with Crippen LogP contribution in [0.15, 0.2) is 36.9 Å². The minimum absolute atomic E-state index is 0.124. The second kappa shape index (κ2) is 6.86. The highest BCUT2D eigenvalue weighted by Gasteiger charge is 2.23. The lowest BCUT2D eigenvalue weighted by Gasteiger charge is -2.25. The summed E-state index contributed by atoms with van der Waals surface area (Å²) in [7, 11) is 0. The van der Waals surface area contributed by atoms with Crippen LogP contribution in [0.25, 0.3) is 0 Å². The molecule has 1 saturated heterocycles. The van der Waals surface area contributed by atoms with Crippen molar-refractivity contribution in [1.29, 1.82) is 0 Å². The number of anilines is 1. The van der Waals surface area contributed by atoms with Crippen LogP contribution in [0.4, 0.5) is 5.69 Å². The third kappa shape index (κ3) is 3.93. The molecule has 2 rings (SSSR count). The minimum atomic E-state index is -0.223. The van der Waals surface area contributed by atoms with E-state index in [0.717, 1.165) is 30.8 Å². The average molecular weight is 273 g/mol. The van der Waals surface area contributed by atoms with Gasteiger partial charge in [0, 0.05) is 25.3 Å². The molecule has 20 heavy (non-hydrogen) atoms. The molecular weight excluding hydrogens is 254 g/mol. The SMILES string of the molecule is C=CC(=O)Nc1ccc(CCNC(=O)C2CNC2)cc1. The third-order valence-corrected chi connectivity index (χ3v) is 3.27. The van der Waals surface area contributed by atoms with Gasteiger partial charge in [0.2, 0.25) is 11.8 Å². The quantitative estimate of drug-likeness (QED) is 0.668. The van der Waals surface area contributed by atoms with Gasteiger partial charge in [-0.05, 0) is 30.2 Å². The largest absolute Gasteiger partial charge is 0.355 e. The Morgan fingerprint density at radius 2 is 2.00 bits per heavy atom. The maximum Gasteiger partial charge on any atom is 0.247 e. The Morgan fingerprint density at radius 3 is 2.55 bits per heavy atom. The molecule has 0 spiro atoms. The minimum Gasteiger partial charge on any atom is -0.355 e. The number of benzene rings is 1. The monoisotopic (exact) mass is 273 g/mol. The van der Waals surface area contributed by atoms with Gasteiger partial charge in [0.1, 0.15) is 0 Å². The van der Waals surface area contributed by atoms with E-state index in [1.54, 1.807) is 0 Å². The molecule has 5 nitrogen and oxygen atoms in total. The van der Waals surface area contributed by atoms with Crippen molar-refractivity contribution < 1.29 is 9.59 Å². The molecule has 0 saturated carbocycles. The molecule has 0 radical (unpaired) electrons. The van der Waals surface area contributed by atoms with E-state index in [1.807, 2.05) is 24.3 Å². The summed E-state index contributed by atoms with van der Waals surface area (Å²) in [6.45, 7) is 5.60. The van der Waals surface area contributed by atoms with Crippen LogP contribution in [-0.2, 0) is 16.0 Å². The molecule has 0 unspecified atom stereocenters. The molecule has 0 aliphatic carbocycles. The van der Waals surface area contributed by atoms with Gasteiger partial charge in [0.25, 0.3) is 0 Å². The summed E-state index contributed by atoms with van der Waals surface area (Å²) >= 11 is 0. The zero-order valence-electron chi connectivity index (χ0n) is 11.3. The molecule has 0 bridgehead atoms. The fourth-order valence-electron chi connectivity index (χ4n) is 1.90. The van der Waals surface area contributed by atoms with Crippen LogP contribution < -0.4 is 16.0 Å². The zero-order chi connectivity index (χ0) is 14.4. The van der Waals surface area contributed by atoms with Crippen LogP contribution in [0.2, 0.25) is 0 Å². The number of amides is 2. The molecule has 1 heterocycles. The Hall–Kier alpha value is -2.14. The molecule has 1 aliphatic heterocycles. The van der Waals surface area contributed by atoms with Gasteiger partial charge in [-0.25, -0.2) is 0 Å². The van der Waals surface area contributed by atoms with Crippen molar-refractivity contribution in [3.63, 3.8) is 0 Å². The van der Waals surface area contributed by atoms with E-state index >= 15 is 0 Å². The predicted octanol–water partition coefficient (Wildman–Crippen LogP) is 0.689. The molecule has 1 fully saturated rings. The summed E-state index contributed by atoms with van der Waals surface area (Å²) in [5.74, 6) is 0.0317. The summed E-state index contributed by atoms with van der Waals surface area (Å²) in [6, 6.07) is 7.56. The summed E-state index contributed by atoms with van der Waals surface area (Å²) < 4.78 is 0. The van der Waals surface area contributed by atoms with E-state index in [2.05, 4.69) is 22.5 Å². The molecule has 3 N–H and O–H groups in total. The predicted molar refractivity (Wildman–Crippen MR) is 78.3 cm³/mol. The van der Waals surface area contributed by atoms with Crippen LogP contribution in [0.5, 0.6) is 0 Å². The summed E-state index contributed by atoms with van der Waals surface area (Å²) in [5, 5.41) is 8.69. The lowest BCUT2D eigenvalue weighted by molar-refractivity contribution is -0.126. The second-order valence-corrected chi connectivity index (χ2v) is 4.79. The Labute approximate surface area is 118 Å². The highest BCUT2D eigenvalue weighted by Crippen LogP contribution is 2.10. The number of nitrogens with one attached hydrogen (secondary N) is 3. The van der Waals surface area contributed by atoms with Crippen LogP contribution in [0.1, 0.15) is 5.56 Å². The van der Waals surface area contributed by atoms with Gasteiger partial charge in [-0.15, -0.1) is 0 Å². The average Bonchev–Trinajstić information content (AvgIpc) is 2.38. The van der Waals surface area contributed by atoms with Gasteiger partial charge in [-0.1, -0.05) is 18.7 Å². The van der Waals surface area contributed by atoms with E-state index in [1.165, 1.54) is 6.08 Å². The lowest BCUT2D eigenvalue weighted by Crippen LogP contribution is -2.51. The third-order valence-electron chi connectivity index (χ3n) is 3.27. The van der Waals surface area contributed by atoms with Crippen LogP contribution >= 0.6 is 0 Å². The molecule has 1 aliphatic rings. The van der Waals surface area contributed by atoms with E-state index < -0.39 is 0 Å². The van der Waals surface area contributed by atoms with Crippen LogP contribution in [-0.4, -0.2) is 31.4 Å². The molecule has 106 valence electrons. The maximum atomic E-state index is 11.6. The van der Waals surface area contributed by atoms with Gasteiger partial charge in [0.05, 0.1) is 5.92 Å². The van der Waals surface area contributed by atoms with Gasteiger partial charge in [0.15, 0.2) is 0 Å². The number of hydrogen-bond donors (Lipinski definition) is 3. The summed E-state index contributed by atoms with van der Waals surface area (Å²) in [5.41, 5.74) is 1.86. The van der Waals surface area contributed by atoms with E-state index in [-0.39, 0.29) is 17.7 Å². The number of carbonyl (C=O) groups is 2. The Bertz CT molecular complexity index is 492. The van der Waals surface area contributed by atoms with Gasteiger partial charge in [-0.2, -0.15) is 0 Å². The first kappa shape index (κ1) is 14.3. The number of carbonyl (C=O) groups excluding carboxylic acids is 2. The number of hydrogen-bond acceptors (Lipinski definition) is 3. The Balaban J connectivity index is 1.74. The maximum absolute atomic E-state index is 11.6. The van der Waals surface area contributed by atoms with Gasteiger partial charge in [-0.3, -0.25) is 9.59 Å². The standard InChI is InChI=1S/C15H19N3O2/c1-2-14(19)18-13-5-3-11(4-6-13)7-8-17-15(20)12-9-16-10-12/h2-6,12,16H,1,7-10H2,(H,17,20)(H,18,19). The smallest absolute Gasteiger partial charge is 0.247 e. The van der Waals surface area contributed by atoms with E-state index in [4.69, 9.17) is 0 Å².